The molecule has 4 heteroatoms. The van der Waals surface area contributed by atoms with Crippen LogP contribution in [0.4, 0.5) is 0 Å². The number of hydrogen-bond donors (Lipinski definition) is 2. The fourth-order valence-corrected chi connectivity index (χ4v) is 3.03. The predicted octanol–water partition coefficient (Wildman–Crippen LogP) is 1.31. The summed E-state index contributed by atoms with van der Waals surface area (Å²) in [6.07, 6.45) is 4.20. The monoisotopic (exact) mass is 254 g/mol. The summed E-state index contributed by atoms with van der Waals surface area (Å²) in [7, 11) is 0. The van der Waals surface area contributed by atoms with Gasteiger partial charge in [0.15, 0.2) is 0 Å². The molecule has 1 amide bonds. The first kappa shape index (κ1) is 13.8. The molecular weight excluding hydrogens is 228 g/mol. The number of rotatable bonds is 3. The minimum atomic E-state index is 0.170. The van der Waals surface area contributed by atoms with Crippen molar-refractivity contribution in [2.45, 2.75) is 51.6 Å². The average molecular weight is 254 g/mol. The van der Waals surface area contributed by atoms with Crippen molar-refractivity contribution >= 4 is 5.91 Å². The lowest BCUT2D eigenvalue weighted by molar-refractivity contribution is -0.123. The number of nitrogens with one attached hydrogen (secondary N) is 2. The summed E-state index contributed by atoms with van der Waals surface area (Å²) in [4.78, 5) is 12.0. The van der Waals surface area contributed by atoms with Gasteiger partial charge in [0.05, 0.1) is 13.2 Å². The number of morpholine rings is 1. The van der Waals surface area contributed by atoms with Gasteiger partial charge in [-0.25, -0.2) is 0 Å². The summed E-state index contributed by atoms with van der Waals surface area (Å²) < 4.78 is 5.37. The highest BCUT2D eigenvalue weighted by Crippen LogP contribution is 2.29. The molecule has 4 unspecified atom stereocenters. The Hall–Kier alpha value is -0.610. The molecule has 2 fully saturated rings. The molecule has 1 heterocycles. The minimum Gasteiger partial charge on any atom is -0.378 e. The van der Waals surface area contributed by atoms with Gasteiger partial charge in [-0.1, -0.05) is 26.7 Å². The number of ether oxygens (including phenoxy) is 1. The average Bonchev–Trinajstić information content (AvgIpc) is 2.36. The molecule has 0 spiro atoms. The van der Waals surface area contributed by atoms with Crippen molar-refractivity contribution < 1.29 is 9.53 Å². The molecule has 0 aromatic rings. The van der Waals surface area contributed by atoms with Gasteiger partial charge in [-0.15, -0.1) is 0 Å². The van der Waals surface area contributed by atoms with Gasteiger partial charge in [-0.05, 0) is 18.3 Å². The molecule has 18 heavy (non-hydrogen) atoms. The molecular formula is C14H26N2O2. The van der Waals surface area contributed by atoms with Crippen molar-refractivity contribution in [2.75, 3.05) is 19.8 Å². The third-order valence-corrected chi connectivity index (χ3v) is 4.48. The van der Waals surface area contributed by atoms with Crippen LogP contribution in [0.3, 0.4) is 0 Å². The van der Waals surface area contributed by atoms with E-state index in [9.17, 15) is 4.79 Å². The molecule has 0 radical (unpaired) electrons. The van der Waals surface area contributed by atoms with Gasteiger partial charge >= 0.3 is 0 Å². The summed E-state index contributed by atoms with van der Waals surface area (Å²) >= 11 is 0. The van der Waals surface area contributed by atoms with Crippen molar-refractivity contribution in [1.29, 1.82) is 0 Å². The topological polar surface area (TPSA) is 50.4 Å². The van der Waals surface area contributed by atoms with Crippen molar-refractivity contribution in [3.05, 3.63) is 0 Å². The Labute approximate surface area is 110 Å². The molecule has 1 saturated heterocycles. The highest BCUT2D eigenvalue weighted by molar-refractivity contribution is 5.77. The number of hydrogen-bond acceptors (Lipinski definition) is 3. The molecule has 1 saturated carbocycles. The lowest BCUT2D eigenvalue weighted by Crippen LogP contribution is -2.48. The van der Waals surface area contributed by atoms with Crippen LogP contribution >= 0.6 is 0 Å². The van der Waals surface area contributed by atoms with Crippen LogP contribution in [0.1, 0.15) is 39.5 Å². The lowest BCUT2D eigenvalue weighted by Gasteiger charge is -2.35. The molecule has 4 nitrogen and oxygen atoms in total. The Balaban J connectivity index is 1.75. The number of carbonyl (C=O) groups is 1. The zero-order valence-corrected chi connectivity index (χ0v) is 11.6. The van der Waals surface area contributed by atoms with E-state index in [-0.39, 0.29) is 11.9 Å². The van der Waals surface area contributed by atoms with Gasteiger partial charge in [-0.3, -0.25) is 4.79 Å². The first-order valence-electron chi connectivity index (χ1n) is 7.27. The standard InChI is InChI=1S/C14H26N2O2/c1-10-4-3-5-13(11(10)2)16-14(17)8-12-9-18-7-6-15-12/h10-13,15H,3-9H2,1-2H3,(H,16,17). The van der Waals surface area contributed by atoms with Gasteiger partial charge in [0.1, 0.15) is 0 Å². The maximum absolute atomic E-state index is 12.0. The Morgan fingerprint density at radius 2 is 2.22 bits per heavy atom. The SMILES string of the molecule is CC1CCCC(NC(=O)CC2COCCN2)C1C. The smallest absolute Gasteiger partial charge is 0.221 e. The van der Waals surface area contributed by atoms with Crippen LogP contribution in [0.5, 0.6) is 0 Å². The molecule has 1 aliphatic heterocycles. The van der Waals surface area contributed by atoms with Crippen molar-refractivity contribution in [3.63, 3.8) is 0 Å². The van der Waals surface area contributed by atoms with Crippen LogP contribution in [-0.2, 0) is 9.53 Å². The van der Waals surface area contributed by atoms with E-state index in [1.54, 1.807) is 0 Å². The zero-order valence-electron chi connectivity index (χ0n) is 11.6. The third-order valence-electron chi connectivity index (χ3n) is 4.48. The molecule has 4 atom stereocenters. The minimum absolute atomic E-state index is 0.170. The van der Waals surface area contributed by atoms with Crippen LogP contribution < -0.4 is 10.6 Å². The molecule has 0 bridgehead atoms. The second kappa shape index (κ2) is 6.53. The van der Waals surface area contributed by atoms with Crippen LogP contribution in [0.15, 0.2) is 0 Å². The van der Waals surface area contributed by atoms with E-state index < -0.39 is 0 Å². The zero-order chi connectivity index (χ0) is 13.0. The molecule has 0 aromatic heterocycles. The summed E-state index contributed by atoms with van der Waals surface area (Å²) in [6, 6.07) is 0.556. The van der Waals surface area contributed by atoms with E-state index in [4.69, 9.17) is 4.74 Å². The van der Waals surface area contributed by atoms with Crippen molar-refractivity contribution in [3.8, 4) is 0 Å². The first-order valence-corrected chi connectivity index (χ1v) is 7.27. The van der Waals surface area contributed by atoms with Gasteiger partial charge in [0.25, 0.3) is 0 Å². The molecule has 1 aliphatic carbocycles. The van der Waals surface area contributed by atoms with Crippen LogP contribution in [-0.4, -0.2) is 37.7 Å². The number of amides is 1. The highest BCUT2D eigenvalue weighted by atomic mass is 16.5. The van der Waals surface area contributed by atoms with E-state index >= 15 is 0 Å². The number of carbonyl (C=O) groups excluding carboxylic acids is 1. The Morgan fingerprint density at radius 1 is 1.39 bits per heavy atom. The highest BCUT2D eigenvalue weighted by Gasteiger charge is 2.28. The van der Waals surface area contributed by atoms with Crippen LogP contribution in [0.25, 0.3) is 0 Å². The Morgan fingerprint density at radius 3 is 2.94 bits per heavy atom. The lowest BCUT2D eigenvalue weighted by atomic mass is 9.78. The predicted molar refractivity (Wildman–Crippen MR) is 71.3 cm³/mol. The molecule has 2 rings (SSSR count). The van der Waals surface area contributed by atoms with E-state index in [0.29, 0.717) is 25.0 Å². The van der Waals surface area contributed by atoms with Gasteiger partial charge in [0.2, 0.25) is 5.91 Å². The van der Waals surface area contributed by atoms with Crippen LogP contribution in [0.2, 0.25) is 0 Å². The molecule has 104 valence electrons. The van der Waals surface area contributed by atoms with Gasteiger partial charge < -0.3 is 15.4 Å². The third kappa shape index (κ3) is 3.69. The molecule has 2 aliphatic rings. The van der Waals surface area contributed by atoms with Crippen molar-refractivity contribution in [1.82, 2.24) is 10.6 Å². The summed E-state index contributed by atoms with van der Waals surface area (Å²) in [6.45, 7) is 6.82. The Kier molecular flexibility index (Phi) is 5.01. The largest absolute Gasteiger partial charge is 0.378 e. The van der Waals surface area contributed by atoms with E-state index in [0.717, 1.165) is 25.5 Å². The maximum atomic E-state index is 12.0. The maximum Gasteiger partial charge on any atom is 0.221 e. The fourth-order valence-electron chi connectivity index (χ4n) is 3.03. The van der Waals surface area contributed by atoms with Crippen molar-refractivity contribution in [2.24, 2.45) is 11.8 Å². The van der Waals surface area contributed by atoms with E-state index in [1.165, 1.54) is 12.8 Å². The summed E-state index contributed by atoms with van der Waals surface area (Å²) in [5.74, 6) is 1.49. The Bertz CT molecular complexity index is 277. The second-order valence-electron chi connectivity index (χ2n) is 5.87. The normalized spacial score (nSPS) is 37.2. The summed E-state index contributed by atoms with van der Waals surface area (Å²) in [5, 5.41) is 6.53. The quantitative estimate of drug-likeness (QED) is 0.798. The van der Waals surface area contributed by atoms with Gasteiger partial charge in [0, 0.05) is 25.0 Å². The van der Waals surface area contributed by atoms with E-state index in [1.807, 2.05) is 0 Å². The molecule has 2 N–H and O–H groups in total. The van der Waals surface area contributed by atoms with Crippen LogP contribution in [0, 0.1) is 11.8 Å². The van der Waals surface area contributed by atoms with Gasteiger partial charge in [-0.2, -0.15) is 0 Å². The fraction of sp³-hybridized carbons (Fsp3) is 0.929. The summed E-state index contributed by atoms with van der Waals surface area (Å²) in [5.41, 5.74) is 0. The second-order valence-corrected chi connectivity index (χ2v) is 5.87. The van der Waals surface area contributed by atoms with E-state index in [2.05, 4.69) is 24.5 Å². The molecule has 0 aromatic carbocycles. The first-order chi connectivity index (χ1) is 8.66.